The van der Waals surface area contributed by atoms with Crippen LogP contribution in [0.3, 0.4) is 0 Å². The third kappa shape index (κ3) is 16.5. The van der Waals surface area contributed by atoms with Gasteiger partial charge in [-0.2, -0.15) is 33.7 Å². The molecule has 0 saturated heterocycles. The maximum absolute atomic E-state index is 12.2. The van der Waals surface area contributed by atoms with Crippen LogP contribution in [0.25, 0.3) is 0 Å². The van der Waals surface area contributed by atoms with Gasteiger partial charge in [0.2, 0.25) is 0 Å². The van der Waals surface area contributed by atoms with E-state index in [1.165, 1.54) is 23.1 Å². The fraction of sp³-hybridized carbons (Fsp3) is 0.480. The van der Waals surface area contributed by atoms with Crippen LogP contribution in [-0.4, -0.2) is 93.0 Å². The molecule has 0 aliphatic carbocycles. The van der Waals surface area contributed by atoms with E-state index in [2.05, 4.69) is 4.99 Å². The number of anilines is 1. The van der Waals surface area contributed by atoms with Crippen molar-refractivity contribution in [1.82, 2.24) is 0 Å². The molecule has 250 valence electrons. The monoisotopic (exact) mass is 702 g/mol. The molecule has 0 spiro atoms. The molecule has 0 fully saturated rings. The Morgan fingerprint density at radius 3 is 1.93 bits per heavy atom. The van der Waals surface area contributed by atoms with Crippen molar-refractivity contribution in [1.29, 1.82) is 0 Å². The zero-order valence-corrected chi connectivity index (χ0v) is 27.4. The van der Waals surface area contributed by atoms with E-state index >= 15 is 0 Å². The second-order valence-electron chi connectivity index (χ2n) is 9.64. The second-order valence-corrected chi connectivity index (χ2v) is 15.7. The van der Waals surface area contributed by atoms with E-state index in [0.29, 0.717) is 17.0 Å². The van der Waals surface area contributed by atoms with E-state index in [9.17, 15) is 43.3 Å². The van der Waals surface area contributed by atoms with Crippen LogP contribution < -0.4 is 4.90 Å². The summed E-state index contributed by atoms with van der Waals surface area (Å²) in [6.45, 7) is 2.58. The summed E-state index contributed by atoms with van der Waals surface area (Å²) in [5.74, 6) is -1.64. The van der Waals surface area contributed by atoms with E-state index in [0.717, 1.165) is 6.07 Å². The van der Waals surface area contributed by atoms with Crippen molar-refractivity contribution in [3.8, 4) is 0 Å². The van der Waals surface area contributed by atoms with Crippen molar-refractivity contribution >= 4 is 51.9 Å². The summed E-state index contributed by atoms with van der Waals surface area (Å²) in [4.78, 5) is 5.14. The lowest BCUT2D eigenvalue weighted by Crippen LogP contribution is -2.27. The molecule has 0 aliphatic rings. The fourth-order valence-electron chi connectivity index (χ4n) is 3.96. The summed E-state index contributed by atoms with van der Waals surface area (Å²) in [5, 5.41) is 9.51. The number of aryl methyl sites for hydroxylation is 1. The number of hydrogen-bond donors (Lipinski definition) is 5. The predicted molar refractivity (Wildman–Crippen MR) is 166 cm³/mol. The van der Waals surface area contributed by atoms with Crippen molar-refractivity contribution < 1.29 is 57.0 Å². The van der Waals surface area contributed by atoms with Gasteiger partial charge in [-0.05, 0) is 68.9 Å². The molecule has 0 aromatic heterocycles. The SMILES string of the molecule is C\C(=C/C=C/C=C/C(CCCS(=O)(=O)O)=NCCCS(=O)(=O)O)N(CCCS(=O)(=O)O)c1c(C)cc(CO)cc1S(=O)(=O)O. The number of benzene rings is 1. The van der Waals surface area contributed by atoms with E-state index < -0.39 is 69.2 Å². The molecule has 0 saturated carbocycles. The van der Waals surface area contributed by atoms with E-state index in [1.54, 1.807) is 32.1 Å². The van der Waals surface area contributed by atoms with Gasteiger partial charge in [-0.25, -0.2) is 0 Å². The van der Waals surface area contributed by atoms with Crippen LogP contribution in [0.15, 0.2) is 58.1 Å². The summed E-state index contributed by atoms with van der Waals surface area (Å²) in [5.41, 5.74) is 1.40. The second kappa shape index (κ2) is 17.3. The lowest BCUT2D eigenvalue weighted by molar-refractivity contribution is 0.281. The van der Waals surface area contributed by atoms with Gasteiger partial charge < -0.3 is 10.0 Å². The maximum atomic E-state index is 12.2. The molecule has 0 radical (unpaired) electrons. The third-order valence-electron chi connectivity index (χ3n) is 5.82. The van der Waals surface area contributed by atoms with Crippen LogP contribution in [0.4, 0.5) is 5.69 Å². The number of hydrogen-bond acceptors (Lipinski definition) is 11. The van der Waals surface area contributed by atoms with Crippen LogP contribution in [0.2, 0.25) is 0 Å². The molecule has 1 aromatic carbocycles. The van der Waals surface area contributed by atoms with Gasteiger partial charge in [-0.3, -0.25) is 23.2 Å². The quantitative estimate of drug-likeness (QED) is 0.0600. The van der Waals surface area contributed by atoms with Gasteiger partial charge in [0.05, 0.1) is 29.6 Å². The number of aliphatic imine (C=N–C) groups is 1. The average molecular weight is 703 g/mol. The Hall–Kier alpha value is -2.49. The number of aliphatic hydroxyl groups excluding tert-OH is 1. The first-order valence-corrected chi connectivity index (χ1v) is 19.3. The molecule has 1 aromatic rings. The zero-order chi connectivity index (χ0) is 33.8. The van der Waals surface area contributed by atoms with Crippen LogP contribution in [0, 0.1) is 6.92 Å². The van der Waals surface area contributed by atoms with Gasteiger partial charge in [0.25, 0.3) is 40.5 Å². The van der Waals surface area contributed by atoms with Gasteiger partial charge in [-0.15, -0.1) is 0 Å². The first-order chi connectivity index (χ1) is 20.1. The standard InChI is InChI=1S/C25H38N2O13S4/c1-20-17-22(19-28)18-24(44(38,39)40)25(20)27(13-8-16-43(35,36)37)21(2)9-4-3-5-10-23(11-6-14-41(29,30)31)26-12-7-15-42(32,33)34/h3-5,9-10,17-18,28H,6-8,11-16,19H2,1-2H3,(H,29,30,31)(H,32,33,34)(H,35,36,37)(H,38,39,40)/b4-3+,10-5+,21-9+,26-23?. The van der Waals surface area contributed by atoms with Crippen LogP contribution in [0.1, 0.15) is 43.7 Å². The summed E-state index contributed by atoms with van der Waals surface area (Å²) in [6.07, 6.45) is 7.76. The highest BCUT2D eigenvalue weighted by molar-refractivity contribution is 7.86. The highest BCUT2D eigenvalue weighted by atomic mass is 32.2. The smallest absolute Gasteiger partial charge is 0.296 e. The van der Waals surface area contributed by atoms with Crippen LogP contribution in [0.5, 0.6) is 0 Å². The Labute approximate surface area is 258 Å². The van der Waals surface area contributed by atoms with E-state index in [1.807, 2.05) is 0 Å². The fourth-order valence-corrected chi connectivity index (χ4v) is 6.27. The van der Waals surface area contributed by atoms with E-state index in [4.69, 9.17) is 13.7 Å². The zero-order valence-electron chi connectivity index (χ0n) is 24.1. The predicted octanol–water partition coefficient (Wildman–Crippen LogP) is 2.22. The molecule has 1 rings (SSSR count). The molecule has 0 bridgehead atoms. The Morgan fingerprint density at radius 2 is 1.39 bits per heavy atom. The van der Waals surface area contributed by atoms with Crippen LogP contribution in [-0.2, 0) is 47.1 Å². The van der Waals surface area contributed by atoms with Gasteiger partial charge in [-0.1, -0.05) is 24.3 Å². The van der Waals surface area contributed by atoms with Gasteiger partial charge in [0.1, 0.15) is 4.90 Å². The number of allylic oxidation sites excluding steroid dienone is 6. The number of aliphatic hydroxyl groups is 1. The lowest BCUT2D eigenvalue weighted by Gasteiger charge is -2.29. The molecule has 0 amide bonds. The normalized spacial score (nSPS) is 14.2. The molecule has 0 atom stereocenters. The molecule has 19 heteroatoms. The average Bonchev–Trinajstić information content (AvgIpc) is 2.85. The molecule has 0 heterocycles. The number of rotatable bonds is 19. The van der Waals surface area contributed by atoms with Crippen molar-refractivity contribution in [3.05, 3.63) is 59.3 Å². The molecular formula is C25H38N2O13S4. The van der Waals surface area contributed by atoms with E-state index in [-0.39, 0.29) is 50.0 Å². The first kappa shape index (κ1) is 39.5. The first-order valence-electron chi connectivity index (χ1n) is 13.0. The third-order valence-corrected chi connectivity index (χ3v) is 9.11. The summed E-state index contributed by atoms with van der Waals surface area (Å²) >= 11 is 0. The minimum absolute atomic E-state index is 0.0178. The molecule has 0 aliphatic heterocycles. The van der Waals surface area contributed by atoms with Gasteiger partial charge in [0.15, 0.2) is 0 Å². The Kier molecular flexibility index (Phi) is 15.5. The van der Waals surface area contributed by atoms with Gasteiger partial charge in [0, 0.05) is 24.5 Å². The molecule has 44 heavy (non-hydrogen) atoms. The number of nitrogens with zero attached hydrogens (tertiary/aromatic N) is 2. The Morgan fingerprint density at radius 1 is 0.818 bits per heavy atom. The molecular weight excluding hydrogens is 665 g/mol. The van der Waals surface area contributed by atoms with Crippen LogP contribution >= 0.6 is 0 Å². The minimum Gasteiger partial charge on any atom is -0.392 e. The minimum atomic E-state index is -4.78. The summed E-state index contributed by atoms with van der Waals surface area (Å²) in [6, 6.07) is 2.60. The molecule has 0 unspecified atom stereocenters. The highest BCUT2D eigenvalue weighted by Gasteiger charge is 2.24. The largest absolute Gasteiger partial charge is 0.392 e. The lowest BCUT2D eigenvalue weighted by atomic mass is 10.1. The summed E-state index contributed by atoms with van der Waals surface area (Å²) < 4.78 is 128. The van der Waals surface area contributed by atoms with Crippen molar-refractivity contribution in [2.75, 3.05) is 35.2 Å². The highest BCUT2D eigenvalue weighted by Crippen LogP contribution is 2.33. The summed E-state index contributed by atoms with van der Waals surface area (Å²) in [7, 11) is -17.5. The van der Waals surface area contributed by atoms with Crippen molar-refractivity contribution in [3.63, 3.8) is 0 Å². The maximum Gasteiger partial charge on any atom is 0.296 e. The van der Waals surface area contributed by atoms with Crippen molar-refractivity contribution in [2.24, 2.45) is 4.99 Å². The Balaban J connectivity index is 3.34. The van der Waals surface area contributed by atoms with Crippen molar-refractivity contribution in [2.45, 2.75) is 51.0 Å². The Bertz CT molecular complexity index is 1690. The molecule has 15 nitrogen and oxygen atoms in total. The topological polar surface area (TPSA) is 253 Å². The van der Waals surface area contributed by atoms with Gasteiger partial charge >= 0.3 is 0 Å². The molecule has 5 N–H and O–H groups in total.